The van der Waals surface area contributed by atoms with E-state index < -0.39 is 10.0 Å². The van der Waals surface area contributed by atoms with Gasteiger partial charge in [0, 0.05) is 5.69 Å². The van der Waals surface area contributed by atoms with Crippen LogP contribution in [0.3, 0.4) is 0 Å². The van der Waals surface area contributed by atoms with Crippen LogP contribution in [0.1, 0.15) is 46.3 Å². The summed E-state index contributed by atoms with van der Waals surface area (Å²) < 4.78 is 33.6. The average Bonchev–Trinajstić information content (AvgIpc) is 2.74. The summed E-state index contributed by atoms with van der Waals surface area (Å²) in [6.45, 7) is 11.8. The van der Waals surface area contributed by atoms with Crippen molar-refractivity contribution in [3.8, 4) is 5.75 Å². The minimum Gasteiger partial charge on any atom is -0.484 e. The number of benzene rings is 3. The number of carbonyl (C=O) groups is 1. The third kappa shape index (κ3) is 6.38. The summed E-state index contributed by atoms with van der Waals surface area (Å²) in [4.78, 5) is 12.5. The van der Waals surface area contributed by atoms with Crippen LogP contribution in [0.15, 0.2) is 59.5 Å². The molecule has 0 aliphatic carbocycles. The van der Waals surface area contributed by atoms with E-state index in [4.69, 9.17) is 4.74 Å². The SMILES string of the molecule is Cc1cc(C)cc(NS(=O)(=O)c2ccc(OCC(=O)NC(C)c3cc(C)c(C)cc3C)cc2)c1. The summed E-state index contributed by atoms with van der Waals surface area (Å²) >= 11 is 0. The van der Waals surface area contributed by atoms with Crippen molar-refractivity contribution in [2.24, 2.45) is 0 Å². The Hall–Kier alpha value is -3.32. The molecule has 0 saturated carbocycles. The number of rotatable bonds is 8. The van der Waals surface area contributed by atoms with Crippen LogP contribution in [0.25, 0.3) is 0 Å². The highest BCUT2D eigenvalue weighted by Gasteiger charge is 2.16. The summed E-state index contributed by atoms with van der Waals surface area (Å²) in [6, 6.07) is 15.6. The van der Waals surface area contributed by atoms with Crippen LogP contribution in [0.5, 0.6) is 5.75 Å². The Balaban J connectivity index is 1.59. The molecule has 0 bridgehead atoms. The van der Waals surface area contributed by atoms with Gasteiger partial charge in [-0.05, 0) is 111 Å². The molecule has 2 N–H and O–H groups in total. The van der Waals surface area contributed by atoms with Crippen molar-refractivity contribution < 1.29 is 17.9 Å². The van der Waals surface area contributed by atoms with Gasteiger partial charge in [0.15, 0.2) is 6.61 Å². The molecule has 1 unspecified atom stereocenters. The van der Waals surface area contributed by atoms with Crippen LogP contribution in [-0.2, 0) is 14.8 Å². The second-order valence-corrected chi connectivity index (χ2v) is 10.5. The monoisotopic (exact) mass is 480 g/mol. The number of ether oxygens (including phenoxy) is 1. The lowest BCUT2D eigenvalue weighted by atomic mass is 9.96. The molecule has 180 valence electrons. The highest BCUT2D eigenvalue weighted by atomic mass is 32.2. The van der Waals surface area contributed by atoms with E-state index in [1.165, 1.54) is 23.3 Å². The standard InChI is InChI=1S/C27H32N2O4S/c1-17-11-18(2)13-23(12-17)29-34(31,32)25-9-7-24(8-10-25)33-16-27(30)28-22(6)26-15-20(4)19(3)14-21(26)5/h7-15,22,29H,16H2,1-6H3,(H,28,30). The Labute approximate surface area is 202 Å². The Bertz CT molecular complexity index is 1280. The first kappa shape index (κ1) is 25.3. The van der Waals surface area contributed by atoms with E-state index in [0.717, 1.165) is 22.3 Å². The first-order chi connectivity index (χ1) is 15.9. The fourth-order valence-corrected chi connectivity index (χ4v) is 4.96. The van der Waals surface area contributed by atoms with Gasteiger partial charge in [-0.3, -0.25) is 9.52 Å². The molecule has 6 nitrogen and oxygen atoms in total. The smallest absolute Gasteiger partial charge is 0.261 e. The first-order valence-electron chi connectivity index (χ1n) is 11.2. The van der Waals surface area contributed by atoms with Crippen LogP contribution in [0.4, 0.5) is 5.69 Å². The number of hydrogen-bond acceptors (Lipinski definition) is 4. The third-order valence-corrected chi connectivity index (χ3v) is 7.10. The molecule has 3 rings (SSSR count). The number of aryl methyl sites for hydroxylation is 5. The zero-order valence-electron chi connectivity index (χ0n) is 20.5. The van der Waals surface area contributed by atoms with Crippen LogP contribution in [0.2, 0.25) is 0 Å². The third-order valence-electron chi connectivity index (χ3n) is 5.70. The van der Waals surface area contributed by atoms with E-state index in [0.29, 0.717) is 11.4 Å². The fourth-order valence-electron chi connectivity index (χ4n) is 3.92. The van der Waals surface area contributed by atoms with Gasteiger partial charge < -0.3 is 10.1 Å². The lowest BCUT2D eigenvalue weighted by Gasteiger charge is -2.18. The topological polar surface area (TPSA) is 84.5 Å². The van der Waals surface area contributed by atoms with Gasteiger partial charge in [-0.1, -0.05) is 18.2 Å². The molecule has 0 spiro atoms. The van der Waals surface area contributed by atoms with Gasteiger partial charge in [0.05, 0.1) is 10.9 Å². The molecular weight excluding hydrogens is 448 g/mol. The summed E-state index contributed by atoms with van der Waals surface area (Å²) in [5, 5.41) is 2.96. The lowest BCUT2D eigenvalue weighted by Crippen LogP contribution is -2.31. The maximum absolute atomic E-state index is 12.7. The van der Waals surface area contributed by atoms with Gasteiger partial charge in [0.25, 0.3) is 15.9 Å². The van der Waals surface area contributed by atoms with Crippen molar-refractivity contribution in [3.63, 3.8) is 0 Å². The number of amides is 1. The van der Waals surface area contributed by atoms with Gasteiger partial charge in [0.2, 0.25) is 0 Å². The van der Waals surface area contributed by atoms with Gasteiger partial charge >= 0.3 is 0 Å². The predicted molar refractivity (Wildman–Crippen MR) is 136 cm³/mol. The fraction of sp³-hybridized carbons (Fsp3) is 0.296. The van der Waals surface area contributed by atoms with E-state index in [2.05, 4.69) is 36.0 Å². The van der Waals surface area contributed by atoms with Crippen LogP contribution in [0, 0.1) is 34.6 Å². The molecule has 34 heavy (non-hydrogen) atoms. The van der Waals surface area contributed by atoms with E-state index in [1.807, 2.05) is 33.8 Å². The highest BCUT2D eigenvalue weighted by Crippen LogP contribution is 2.23. The normalized spacial score (nSPS) is 12.2. The van der Waals surface area contributed by atoms with Crippen molar-refractivity contribution in [1.82, 2.24) is 5.32 Å². The molecule has 0 fully saturated rings. The molecule has 0 aliphatic rings. The van der Waals surface area contributed by atoms with Gasteiger partial charge in [0.1, 0.15) is 5.75 Å². The number of nitrogens with one attached hydrogen (secondary N) is 2. The molecule has 7 heteroatoms. The van der Waals surface area contributed by atoms with Crippen LogP contribution >= 0.6 is 0 Å². The maximum Gasteiger partial charge on any atom is 0.261 e. The number of carbonyl (C=O) groups excluding carboxylic acids is 1. The highest BCUT2D eigenvalue weighted by molar-refractivity contribution is 7.92. The van der Waals surface area contributed by atoms with Crippen molar-refractivity contribution >= 4 is 21.6 Å². The minimum atomic E-state index is -3.74. The Kier molecular flexibility index (Phi) is 7.67. The lowest BCUT2D eigenvalue weighted by molar-refractivity contribution is -0.123. The van der Waals surface area contributed by atoms with Gasteiger partial charge in [-0.2, -0.15) is 0 Å². The van der Waals surface area contributed by atoms with E-state index >= 15 is 0 Å². The summed E-state index contributed by atoms with van der Waals surface area (Å²) in [5.41, 5.74) is 7.06. The Morgan fingerprint density at radius 3 is 2.06 bits per heavy atom. The second-order valence-electron chi connectivity index (χ2n) is 8.82. The zero-order chi connectivity index (χ0) is 25.0. The Morgan fingerprint density at radius 1 is 0.853 bits per heavy atom. The molecule has 3 aromatic rings. The second kappa shape index (κ2) is 10.3. The molecule has 0 heterocycles. The molecular formula is C27H32N2O4S. The molecule has 3 aromatic carbocycles. The summed E-state index contributed by atoms with van der Waals surface area (Å²) in [7, 11) is -3.74. The minimum absolute atomic E-state index is 0.113. The molecule has 0 aromatic heterocycles. The zero-order valence-corrected chi connectivity index (χ0v) is 21.3. The van der Waals surface area contributed by atoms with Gasteiger partial charge in [-0.15, -0.1) is 0 Å². The van der Waals surface area contributed by atoms with Crippen LogP contribution < -0.4 is 14.8 Å². The van der Waals surface area contributed by atoms with Crippen molar-refractivity contribution in [2.45, 2.75) is 52.5 Å². The van der Waals surface area contributed by atoms with E-state index in [9.17, 15) is 13.2 Å². The number of anilines is 1. The quantitative estimate of drug-likeness (QED) is 0.459. The molecule has 1 atom stereocenters. The molecule has 0 aliphatic heterocycles. The number of hydrogen-bond donors (Lipinski definition) is 2. The largest absolute Gasteiger partial charge is 0.484 e. The predicted octanol–water partition coefficient (Wildman–Crippen LogP) is 5.29. The van der Waals surface area contributed by atoms with Crippen molar-refractivity contribution in [3.05, 3.63) is 88.0 Å². The summed E-state index contributed by atoms with van der Waals surface area (Å²) in [5.74, 6) is 0.161. The molecule has 0 saturated heterocycles. The van der Waals surface area contributed by atoms with E-state index in [-0.39, 0.29) is 23.5 Å². The van der Waals surface area contributed by atoms with Crippen molar-refractivity contribution in [1.29, 1.82) is 0 Å². The van der Waals surface area contributed by atoms with E-state index in [1.54, 1.807) is 24.3 Å². The maximum atomic E-state index is 12.7. The van der Waals surface area contributed by atoms with Crippen LogP contribution in [-0.4, -0.2) is 20.9 Å². The van der Waals surface area contributed by atoms with Crippen molar-refractivity contribution in [2.75, 3.05) is 11.3 Å². The Morgan fingerprint density at radius 2 is 1.44 bits per heavy atom. The number of sulfonamides is 1. The average molecular weight is 481 g/mol. The first-order valence-corrected chi connectivity index (χ1v) is 12.6. The molecule has 0 radical (unpaired) electrons. The van der Waals surface area contributed by atoms with Gasteiger partial charge in [-0.25, -0.2) is 8.42 Å². The summed E-state index contributed by atoms with van der Waals surface area (Å²) in [6.07, 6.45) is 0. The molecule has 1 amide bonds.